The molecule has 0 aromatic heterocycles. The normalized spacial score (nSPS) is 11.6. The van der Waals surface area contributed by atoms with Crippen LogP contribution < -0.4 is 9.64 Å². The lowest BCUT2D eigenvalue weighted by atomic mass is 9.95. The Balaban J connectivity index is 1.89. The number of hydrogen-bond donors (Lipinski definition) is 0. The highest BCUT2D eigenvalue weighted by atomic mass is 16.5. The predicted octanol–water partition coefficient (Wildman–Crippen LogP) is 4.53. The predicted molar refractivity (Wildman–Crippen MR) is 95.0 cm³/mol. The van der Waals surface area contributed by atoms with Crippen molar-refractivity contribution in [3.05, 3.63) is 59.7 Å². The largest absolute Gasteiger partial charge is 0.493 e. The molecule has 0 saturated heterocycles. The van der Waals surface area contributed by atoms with Crippen molar-refractivity contribution in [1.29, 1.82) is 5.26 Å². The average Bonchev–Trinajstić information content (AvgIpc) is 2.56. The summed E-state index contributed by atoms with van der Waals surface area (Å²) in [6, 6.07) is 18.6. The molecule has 0 spiro atoms. The van der Waals surface area contributed by atoms with Crippen LogP contribution in [0.2, 0.25) is 0 Å². The zero-order chi connectivity index (χ0) is 16.7. The second-order valence-corrected chi connectivity index (χ2v) is 5.93. The standard InChI is InChI=1S/C20H24N2O/c1-16-8-4-5-12-20(16)23-13-7-10-18(15-21)17-9-6-11-19(14-17)22(2)3/h4-6,8-9,11-12,14,18H,7,10,13H2,1-3H3. The molecule has 0 fully saturated rings. The molecule has 0 aliphatic heterocycles. The van der Waals surface area contributed by atoms with Crippen molar-refractivity contribution in [2.24, 2.45) is 0 Å². The van der Waals surface area contributed by atoms with Gasteiger partial charge in [0, 0.05) is 19.8 Å². The first-order valence-electron chi connectivity index (χ1n) is 7.97. The summed E-state index contributed by atoms with van der Waals surface area (Å²) in [6.45, 7) is 2.68. The maximum atomic E-state index is 9.47. The van der Waals surface area contributed by atoms with Crippen molar-refractivity contribution >= 4 is 5.69 Å². The highest BCUT2D eigenvalue weighted by Crippen LogP contribution is 2.25. The van der Waals surface area contributed by atoms with E-state index in [-0.39, 0.29) is 5.92 Å². The Bertz CT molecular complexity index is 673. The highest BCUT2D eigenvalue weighted by Gasteiger charge is 2.11. The van der Waals surface area contributed by atoms with E-state index in [2.05, 4.69) is 23.1 Å². The summed E-state index contributed by atoms with van der Waals surface area (Å²) in [7, 11) is 4.02. The molecule has 23 heavy (non-hydrogen) atoms. The Hall–Kier alpha value is -2.47. The van der Waals surface area contributed by atoms with Crippen LogP contribution in [0, 0.1) is 18.3 Å². The van der Waals surface area contributed by atoms with Gasteiger partial charge >= 0.3 is 0 Å². The van der Waals surface area contributed by atoms with E-state index in [9.17, 15) is 5.26 Å². The quantitative estimate of drug-likeness (QED) is 0.705. The van der Waals surface area contributed by atoms with Gasteiger partial charge in [-0.1, -0.05) is 30.3 Å². The lowest BCUT2D eigenvalue weighted by Gasteiger charge is -2.16. The summed E-state index contributed by atoms with van der Waals surface area (Å²) in [5.74, 6) is 0.839. The zero-order valence-electron chi connectivity index (χ0n) is 14.1. The Morgan fingerprint density at radius 3 is 2.61 bits per heavy atom. The molecule has 3 heteroatoms. The van der Waals surface area contributed by atoms with Gasteiger partial charge < -0.3 is 9.64 Å². The van der Waals surface area contributed by atoms with Crippen LogP contribution >= 0.6 is 0 Å². The lowest BCUT2D eigenvalue weighted by Crippen LogP contribution is -2.09. The molecule has 0 bridgehead atoms. The Kier molecular flexibility index (Phi) is 6.05. The molecule has 2 aromatic rings. The van der Waals surface area contributed by atoms with Crippen LogP contribution in [-0.4, -0.2) is 20.7 Å². The van der Waals surface area contributed by atoms with Crippen LogP contribution in [0.25, 0.3) is 0 Å². The van der Waals surface area contributed by atoms with E-state index in [1.54, 1.807) is 0 Å². The Morgan fingerprint density at radius 2 is 1.91 bits per heavy atom. The fourth-order valence-electron chi connectivity index (χ4n) is 2.51. The molecule has 0 aliphatic carbocycles. The van der Waals surface area contributed by atoms with Gasteiger partial charge in [-0.3, -0.25) is 0 Å². The Morgan fingerprint density at radius 1 is 1.13 bits per heavy atom. The first-order valence-corrected chi connectivity index (χ1v) is 7.97. The van der Waals surface area contributed by atoms with E-state index in [0.717, 1.165) is 35.4 Å². The van der Waals surface area contributed by atoms with Crippen LogP contribution in [0.5, 0.6) is 5.75 Å². The summed E-state index contributed by atoms with van der Waals surface area (Å²) in [4.78, 5) is 2.05. The number of nitriles is 1. The van der Waals surface area contributed by atoms with Gasteiger partial charge in [0.05, 0.1) is 18.6 Å². The van der Waals surface area contributed by atoms with Crippen molar-refractivity contribution < 1.29 is 4.74 Å². The number of ether oxygens (including phenoxy) is 1. The van der Waals surface area contributed by atoms with Gasteiger partial charge in [0.2, 0.25) is 0 Å². The van der Waals surface area contributed by atoms with Gasteiger partial charge in [-0.2, -0.15) is 5.26 Å². The van der Waals surface area contributed by atoms with Crippen molar-refractivity contribution in [2.45, 2.75) is 25.7 Å². The Labute approximate surface area is 139 Å². The number of nitrogens with zero attached hydrogens (tertiary/aromatic N) is 2. The number of aryl methyl sites for hydroxylation is 1. The van der Waals surface area contributed by atoms with E-state index in [1.807, 2.05) is 57.4 Å². The fraction of sp³-hybridized carbons (Fsp3) is 0.350. The van der Waals surface area contributed by atoms with Crippen molar-refractivity contribution in [3.8, 4) is 11.8 Å². The minimum Gasteiger partial charge on any atom is -0.493 e. The maximum absolute atomic E-state index is 9.47. The van der Waals surface area contributed by atoms with Crippen molar-refractivity contribution in [1.82, 2.24) is 0 Å². The highest BCUT2D eigenvalue weighted by molar-refractivity contribution is 5.48. The lowest BCUT2D eigenvalue weighted by molar-refractivity contribution is 0.303. The number of rotatable bonds is 7. The second kappa shape index (κ2) is 8.24. The van der Waals surface area contributed by atoms with Gasteiger partial charge in [-0.05, 0) is 49.1 Å². The first kappa shape index (κ1) is 16.9. The van der Waals surface area contributed by atoms with Gasteiger partial charge in [0.25, 0.3) is 0 Å². The topological polar surface area (TPSA) is 36.3 Å². The van der Waals surface area contributed by atoms with Gasteiger partial charge in [-0.25, -0.2) is 0 Å². The fourth-order valence-corrected chi connectivity index (χ4v) is 2.51. The number of benzene rings is 2. The van der Waals surface area contributed by atoms with Crippen LogP contribution in [0.3, 0.4) is 0 Å². The zero-order valence-corrected chi connectivity index (χ0v) is 14.1. The molecule has 3 nitrogen and oxygen atoms in total. The smallest absolute Gasteiger partial charge is 0.122 e. The van der Waals surface area contributed by atoms with Crippen molar-refractivity contribution in [2.75, 3.05) is 25.6 Å². The molecule has 2 rings (SSSR count). The molecule has 0 N–H and O–H groups in total. The van der Waals surface area contributed by atoms with Gasteiger partial charge in [-0.15, -0.1) is 0 Å². The van der Waals surface area contributed by atoms with E-state index in [0.29, 0.717) is 6.61 Å². The van der Waals surface area contributed by atoms with Crippen molar-refractivity contribution in [3.63, 3.8) is 0 Å². The molecule has 1 atom stereocenters. The van der Waals surface area contributed by atoms with Crippen LogP contribution in [-0.2, 0) is 0 Å². The van der Waals surface area contributed by atoms with Crippen LogP contribution in [0.15, 0.2) is 48.5 Å². The van der Waals surface area contributed by atoms with Gasteiger partial charge in [0.1, 0.15) is 5.75 Å². The molecule has 0 aliphatic rings. The molecular weight excluding hydrogens is 284 g/mol. The van der Waals surface area contributed by atoms with Crippen LogP contribution in [0.4, 0.5) is 5.69 Å². The molecule has 1 unspecified atom stereocenters. The third-order valence-electron chi connectivity index (χ3n) is 3.93. The maximum Gasteiger partial charge on any atom is 0.122 e. The molecule has 2 aromatic carbocycles. The number of para-hydroxylation sites is 1. The first-order chi connectivity index (χ1) is 11.1. The molecule has 0 radical (unpaired) electrons. The SMILES string of the molecule is Cc1ccccc1OCCCC(C#N)c1cccc(N(C)C)c1. The average molecular weight is 308 g/mol. The second-order valence-electron chi connectivity index (χ2n) is 5.93. The van der Waals surface area contributed by atoms with Crippen LogP contribution in [0.1, 0.15) is 29.9 Å². The minimum absolute atomic E-state index is 0.0876. The van der Waals surface area contributed by atoms with E-state index in [4.69, 9.17) is 4.74 Å². The summed E-state index contributed by atoms with van der Waals surface area (Å²) in [5, 5.41) is 9.47. The molecule has 0 heterocycles. The molecule has 0 saturated carbocycles. The van der Waals surface area contributed by atoms with E-state index in [1.165, 1.54) is 0 Å². The van der Waals surface area contributed by atoms with E-state index < -0.39 is 0 Å². The summed E-state index contributed by atoms with van der Waals surface area (Å²) in [6.07, 6.45) is 1.66. The minimum atomic E-state index is -0.0876. The molecular formula is C20H24N2O. The molecule has 0 amide bonds. The van der Waals surface area contributed by atoms with Gasteiger partial charge in [0.15, 0.2) is 0 Å². The monoisotopic (exact) mass is 308 g/mol. The third kappa shape index (κ3) is 4.75. The summed E-state index contributed by atoms with van der Waals surface area (Å²) in [5.41, 5.74) is 3.34. The summed E-state index contributed by atoms with van der Waals surface area (Å²) < 4.78 is 5.81. The third-order valence-corrected chi connectivity index (χ3v) is 3.93. The molecule has 120 valence electrons. The summed E-state index contributed by atoms with van der Waals surface area (Å²) >= 11 is 0. The number of hydrogen-bond acceptors (Lipinski definition) is 3. The van der Waals surface area contributed by atoms with E-state index >= 15 is 0 Å². The number of anilines is 1.